The minimum Gasteiger partial charge on any atom is -0.321 e. The van der Waals surface area contributed by atoms with Gasteiger partial charge in [-0.3, -0.25) is 9.78 Å². The first kappa shape index (κ1) is 14.0. The molecule has 1 amide bonds. The lowest BCUT2D eigenvalue weighted by Crippen LogP contribution is -2.12. The number of hydrogen-bond acceptors (Lipinski definition) is 2. The summed E-state index contributed by atoms with van der Waals surface area (Å²) in [7, 11) is 0. The second kappa shape index (κ2) is 5.84. The Morgan fingerprint density at radius 2 is 2.05 bits per heavy atom. The number of nitrogens with zero attached hydrogens (tertiary/aromatic N) is 1. The van der Waals surface area contributed by atoms with Crippen LogP contribution in [-0.4, -0.2) is 10.9 Å². The van der Waals surface area contributed by atoms with Crippen molar-refractivity contribution >= 4 is 49.9 Å². The number of aromatic nitrogens is 1. The van der Waals surface area contributed by atoms with Crippen molar-refractivity contribution in [3.63, 3.8) is 0 Å². The lowest BCUT2D eigenvalue weighted by molar-refractivity contribution is 0.102. The molecule has 0 aliphatic heterocycles. The van der Waals surface area contributed by atoms with Gasteiger partial charge in [-0.25, -0.2) is 0 Å². The van der Waals surface area contributed by atoms with Gasteiger partial charge in [0.2, 0.25) is 0 Å². The number of halogens is 2. The summed E-state index contributed by atoms with van der Waals surface area (Å²) in [5.41, 5.74) is 1.29. The van der Waals surface area contributed by atoms with E-state index in [4.69, 9.17) is 11.6 Å². The molecule has 0 saturated heterocycles. The Morgan fingerprint density at radius 3 is 2.86 bits per heavy atom. The summed E-state index contributed by atoms with van der Waals surface area (Å²) in [5, 5.41) is 5.42. The lowest BCUT2D eigenvalue weighted by atomic mass is 10.1. The molecule has 0 aliphatic rings. The molecule has 0 bridgehead atoms. The fourth-order valence-electron chi connectivity index (χ4n) is 2.06. The summed E-state index contributed by atoms with van der Waals surface area (Å²) in [6, 6.07) is 12.7. The standard InChI is InChI=1S/C16H10BrClN2O/c17-13-8-10(4-5-14(13)18)16(21)20-15-3-1-2-11-9-19-7-6-12(11)15/h1-9H,(H,20,21). The Hall–Kier alpha value is -1.91. The van der Waals surface area contributed by atoms with Crippen molar-refractivity contribution < 1.29 is 4.79 Å². The fourth-order valence-corrected chi connectivity index (χ4v) is 2.56. The van der Waals surface area contributed by atoms with E-state index in [1.165, 1.54) is 0 Å². The van der Waals surface area contributed by atoms with E-state index in [-0.39, 0.29) is 5.91 Å². The maximum absolute atomic E-state index is 12.3. The van der Waals surface area contributed by atoms with Crippen LogP contribution in [0.1, 0.15) is 10.4 Å². The summed E-state index contributed by atoms with van der Waals surface area (Å²) < 4.78 is 0.693. The van der Waals surface area contributed by atoms with E-state index in [0.717, 1.165) is 16.5 Å². The highest BCUT2D eigenvalue weighted by Crippen LogP contribution is 2.25. The molecule has 0 saturated carbocycles. The van der Waals surface area contributed by atoms with Gasteiger partial charge in [0.25, 0.3) is 5.91 Å². The van der Waals surface area contributed by atoms with Crippen molar-refractivity contribution in [2.45, 2.75) is 0 Å². The molecular weight excluding hydrogens is 352 g/mol. The number of anilines is 1. The summed E-state index contributed by atoms with van der Waals surface area (Å²) in [6.07, 6.45) is 3.47. The smallest absolute Gasteiger partial charge is 0.255 e. The Balaban J connectivity index is 1.94. The Bertz CT molecular complexity index is 830. The molecule has 0 aliphatic carbocycles. The average molecular weight is 362 g/mol. The van der Waals surface area contributed by atoms with E-state index >= 15 is 0 Å². The van der Waals surface area contributed by atoms with Gasteiger partial charge in [0, 0.05) is 38.9 Å². The number of amides is 1. The molecule has 104 valence electrons. The number of carbonyl (C=O) groups is 1. The number of pyridine rings is 1. The highest BCUT2D eigenvalue weighted by molar-refractivity contribution is 9.10. The van der Waals surface area contributed by atoms with Gasteiger partial charge in [-0.1, -0.05) is 23.7 Å². The van der Waals surface area contributed by atoms with Gasteiger partial charge in [0.1, 0.15) is 0 Å². The molecule has 3 nitrogen and oxygen atoms in total. The van der Waals surface area contributed by atoms with E-state index in [2.05, 4.69) is 26.2 Å². The zero-order valence-corrected chi connectivity index (χ0v) is 13.1. The molecule has 3 aromatic rings. The first-order valence-electron chi connectivity index (χ1n) is 6.24. The molecule has 1 aromatic heterocycles. The molecule has 0 spiro atoms. The van der Waals surface area contributed by atoms with Crippen LogP contribution in [0.2, 0.25) is 5.02 Å². The number of rotatable bonds is 2. The van der Waals surface area contributed by atoms with Gasteiger partial charge in [0.05, 0.1) is 5.02 Å². The van der Waals surface area contributed by atoms with Crippen LogP contribution in [0.4, 0.5) is 5.69 Å². The van der Waals surface area contributed by atoms with Crippen LogP contribution in [0.5, 0.6) is 0 Å². The number of carbonyl (C=O) groups excluding carboxylic acids is 1. The van der Waals surface area contributed by atoms with Crippen molar-refractivity contribution in [1.29, 1.82) is 0 Å². The van der Waals surface area contributed by atoms with E-state index in [1.54, 1.807) is 30.6 Å². The summed E-state index contributed by atoms with van der Waals surface area (Å²) in [4.78, 5) is 16.4. The average Bonchev–Trinajstić information content (AvgIpc) is 2.50. The lowest BCUT2D eigenvalue weighted by Gasteiger charge is -2.09. The van der Waals surface area contributed by atoms with Crippen LogP contribution in [0.25, 0.3) is 10.8 Å². The van der Waals surface area contributed by atoms with E-state index in [9.17, 15) is 4.79 Å². The molecule has 0 unspecified atom stereocenters. The van der Waals surface area contributed by atoms with Crippen LogP contribution in [0.3, 0.4) is 0 Å². The third-order valence-electron chi connectivity index (χ3n) is 3.11. The number of nitrogens with one attached hydrogen (secondary N) is 1. The quantitative estimate of drug-likeness (QED) is 0.705. The fraction of sp³-hybridized carbons (Fsp3) is 0. The topological polar surface area (TPSA) is 42.0 Å². The number of fused-ring (bicyclic) bond motifs is 1. The molecule has 0 fully saturated rings. The van der Waals surface area contributed by atoms with Gasteiger partial charge in [-0.15, -0.1) is 0 Å². The van der Waals surface area contributed by atoms with Crippen LogP contribution >= 0.6 is 27.5 Å². The van der Waals surface area contributed by atoms with Crippen molar-refractivity contribution in [3.05, 3.63) is 69.9 Å². The van der Waals surface area contributed by atoms with E-state index in [0.29, 0.717) is 15.1 Å². The van der Waals surface area contributed by atoms with E-state index in [1.807, 2.05) is 24.3 Å². The number of benzene rings is 2. The third kappa shape index (κ3) is 2.91. The van der Waals surface area contributed by atoms with Crippen molar-refractivity contribution in [1.82, 2.24) is 4.98 Å². The Labute approximate surface area is 135 Å². The van der Waals surface area contributed by atoms with Gasteiger partial charge in [0.15, 0.2) is 0 Å². The zero-order valence-electron chi connectivity index (χ0n) is 10.8. The van der Waals surface area contributed by atoms with Crippen molar-refractivity contribution in [2.24, 2.45) is 0 Å². The minimum atomic E-state index is -0.184. The Morgan fingerprint density at radius 1 is 1.19 bits per heavy atom. The predicted molar refractivity (Wildman–Crippen MR) is 88.8 cm³/mol. The molecule has 0 radical (unpaired) electrons. The minimum absolute atomic E-state index is 0.184. The van der Waals surface area contributed by atoms with Crippen molar-refractivity contribution in [2.75, 3.05) is 5.32 Å². The second-order valence-electron chi connectivity index (χ2n) is 4.49. The zero-order chi connectivity index (χ0) is 14.8. The molecule has 2 aromatic carbocycles. The molecule has 5 heteroatoms. The largest absolute Gasteiger partial charge is 0.321 e. The first-order chi connectivity index (χ1) is 10.1. The third-order valence-corrected chi connectivity index (χ3v) is 4.32. The number of hydrogen-bond donors (Lipinski definition) is 1. The van der Waals surface area contributed by atoms with Gasteiger partial charge in [-0.05, 0) is 46.3 Å². The van der Waals surface area contributed by atoms with E-state index < -0.39 is 0 Å². The molecular formula is C16H10BrClN2O. The van der Waals surface area contributed by atoms with Crippen LogP contribution in [0, 0.1) is 0 Å². The maximum Gasteiger partial charge on any atom is 0.255 e. The highest BCUT2D eigenvalue weighted by atomic mass is 79.9. The molecule has 3 rings (SSSR count). The highest BCUT2D eigenvalue weighted by Gasteiger charge is 2.10. The maximum atomic E-state index is 12.3. The van der Waals surface area contributed by atoms with Crippen molar-refractivity contribution in [3.8, 4) is 0 Å². The molecule has 0 atom stereocenters. The van der Waals surface area contributed by atoms with Crippen LogP contribution in [0.15, 0.2) is 59.3 Å². The molecule has 21 heavy (non-hydrogen) atoms. The first-order valence-corrected chi connectivity index (χ1v) is 7.41. The molecule has 1 N–H and O–H groups in total. The Kier molecular flexibility index (Phi) is 3.90. The summed E-state index contributed by atoms with van der Waals surface area (Å²) in [5.74, 6) is -0.184. The van der Waals surface area contributed by atoms with Crippen LogP contribution < -0.4 is 5.32 Å². The van der Waals surface area contributed by atoms with Gasteiger partial charge < -0.3 is 5.32 Å². The monoisotopic (exact) mass is 360 g/mol. The summed E-state index contributed by atoms with van der Waals surface area (Å²) in [6.45, 7) is 0. The van der Waals surface area contributed by atoms with Gasteiger partial charge in [-0.2, -0.15) is 0 Å². The SMILES string of the molecule is O=C(Nc1cccc2cnccc12)c1ccc(Cl)c(Br)c1. The van der Waals surface area contributed by atoms with Gasteiger partial charge >= 0.3 is 0 Å². The molecule has 1 heterocycles. The second-order valence-corrected chi connectivity index (χ2v) is 5.75. The predicted octanol–water partition coefficient (Wildman–Crippen LogP) is 4.90. The van der Waals surface area contributed by atoms with Crippen LogP contribution in [-0.2, 0) is 0 Å². The summed E-state index contributed by atoms with van der Waals surface area (Å²) >= 11 is 9.26. The normalized spacial score (nSPS) is 10.6.